The SMILES string of the molecule is CCOC(C)CN1C(=O)C(C)NC1c1ccc(CC)cc1. The lowest BCUT2D eigenvalue weighted by atomic mass is 10.1. The van der Waals surface area contributed by atoms with Crippen LogP contribution in [-0.2, 0) is 16.0 Å². The second-order valence-corrected chi connectivity index (χ2v) is 5.64. The number of aryl methyl sites for hydroxylation is 1. The van der Waals surface area contributed by atoms with E-state index in [1.54, 1.807) is 0 Å². The summed E-state index contributed by atoms with van der Waals surface area (Å²) >= 11 is 0. The van der Waals surface area contributed by atoms with Crippen LogP contribution in [0.25, 0.3) is 0 Å². The molecule has 4 heteroatoms. The van der Waals surface area contributed by atoms with Crippen molar-refractivity contribution in [3.05, 3.63) is 35.4 Å². The first-order chi connectivity index (χ1) is 10.1. The van der Waals surface area contributed by atoms with E-state index in [-0.39, 0.29) is 24.2 Å². The molecule has 1 heterocycles. The Labute approximate surface area is 127 Å². The standard InChI is InChI=1S/C17H26N2O2/c1-5-14-7-9-15(10-8-14)16-18-13(4)17(20)19(16)11-12(3)21-6-2/h7-10,12-13,16,18H,5-6,11H2,1-4H3. The summed E-state index contributed by atoms with van der Waals surface area (Å²) in [5.41, 5.74) is 2.44. The van der Waals surface area contributed by atoms with Gasteiger partial charge in [0.15, 0.2) is 0 Å². The van der Waals surface area contributed by atoms with E-state index in [1.807, 2.05) is 25.7 Å². The van der Waals surface area contributed by atoms with Gasteiger partial charge in [0.2, 0.25) is 5.91 Å². The van der Waals surface area contributed by atoms with Crippen LogP contribution in [0.3, 0.4) is 0 Å². The maximum atomic E-state index is 12.4. The molecule has 3 unspecified atom stereocenters. The fraction of sp³-hybridized carbons (Fsp3) is 0.588. The van der Waals surface area contributed by atoms with Crippen molar-refractivity contribution in [3.63, 3.8) is 0 Å². The van der Waals surface area contributed by atoms with Gasteiger partial charge in [-0.25, -0.2) is 0 Å². The van der Waals surface area contributed by atoms with E-state index in [0.29, 0.717) is 13.2 Å². The third kappa shape index (κ3) is 3.63. The molecule has 0 spiro atoms. The van der Waals surface area contributed by atoms with Crippen LogP contribution in [0.2, 0.25) is 0 Å². The average Bonchev–Trinajstić information content (AvgIpc) is 2.76. The first-order valence-corrected chi connectivity index (χ1v) is 7.83. The fourth-order valence-electron chi connectivity index (χ4n) is 2.80. The molecule has 1 aliphatic rings. The molecule has 1 aliphatic heterocycles. The molecule has 3 atom stereocenters. The van der Waals surface area contributed by atoms with Crippen LogP contribution in [0.4, 0.5) is 0 Å². The number of rotatable bonds is 6. The quantitative estimate of drug-likeness (QED) is 0.875. The topological polar surface area (TPSA) is 41.6 Å². The van der Waals surface area contributed by atoms with E-state index in [4.69, 9.17) is 4.74 Å². The summed E-state index contributed by atoms with van der Waals surface area (Å²) < 4.78 is 5.59. The van der Waals surface area contributed by atoms with Crippen LogP contribution in [0, 0.1) is 0 Å². The summed E-state index contributed by atoms with van der Waals surface area (Å²) in [5, 5.41) is 3.38. The van der Waals surface area contributed by atoms with Gasteiger partial charge in [0.25, 0.3) is 0 Å². The highest BCUT2D eigenvalue weighted by atomic mass is 16.5. The normalized spacial score (nSPS) is 23.6. The number of hydrogen-bond acceptors (Lipinski definition) is 3. The Morgan fingerprint density at radius 1 is 1.29 bits per heavy atom. The Hall–Kier alpha value is -1.39. The van der Waals surface area contributed by atoms with E-state index in [0.717, 1.165) is 12.0 Å². The maximum Gasteiger partial charge on any atom is 0.241 e. The second-order valence-electron chi connectivity index (χ2n) is 5.64. The molecule has 0 bridgehead atoms. The minimum absolute atomic E-state index is 0.0449. The van der Waals surface area contributed by atoms with Crippen LogP contribution >= 0.6 is 0 Å². The molecule has 1 amide bonds. The van der Waals surface area contributed by atoms with E-state index in [1.165, 1.54) is 5.56 Å². The van der Waals surface area contributed by atoms with Gasteiger partial charge in [-0.2, -0.15) is 0 Å². The molecule has 0 saturated carbocycles. The van der Waals surface area contributed by atoms with Crippen molar-refractivity contribution >= 4 is 5.91 Å². The third-order valence-corrected chi connectivity index (χ3v) is 3.98. The van der Waals surface area contributed by atoms with Crippen molar-refractivity contribution in [2.45, 2.75) is 52.4 Å². The number of carbonyl (C=O) groups excluding carboxylic acids is 1. The predicted molar refractivity (Wildman–Crippen MR) is 84.0 cm³/mol. The minimum atomic E-state index is -0.144. The average molecular weight is 290 g/mol. The third-order valence-electron chi connectivity index (χ3n) is 3.98. The fourth-order valence-corrected chi connectivity index (χ4v) is 2.80. The summed E-state index contributed by atoms with van der Waals surface area (Å²) in [4.78, 5) is 14.3. The van der Waals surface area contributed by atoms with Crippen molar-refractivity contribution in [1.82, 2.24) is 10.2 Å². The lowest BCUT2D eigenvalue weighted by molar-refractivity contribution is -0.131. The van der Waals surface area contributed by atoms with Crippen molar-refractivity contribution in [2.75, 3.05) is 13.2 Å². The van der Waals surface area contributed by atoms with Crippen molar-refractivity contribution in [3.8, 4) is 0 Å². The van der Waals surface area contributed by atoms with Crippen LogP contribution in [-0.4, -0.2) is 36.1 Å². The van der Waals surface area contributed by atoms with Gasteiger partial charge in [0, 0.05) is 13.2 Å². The highest BCUT2D eigenvalue weighted by Crippen LogP contribution is 2.26. The second kappa shape index (κ2) is 7.05. The van der Waals surface area contributed by atoms with E-state index >= 15 is 0 Å². The molecule has 1 aromatic carbocycles. The lowest BCUT2D eigenvalue weighted by Crippen LogP contribution is -2.37. The van der Waals surface area contributed by atoms with Gasteiger partial charge in [-0.1, -0.05) is 31.2 Å². The van der Waals surface area contributed by atoms with Crippen molar-refractivity contribution < 1.29 is 9.53 Å². The molecule has 0 aromatic heterocycles. The number of nitrogens with one attached hydrogen (secondary N) is 1. The largest absolute Gasteiger partial charge is 0.377 e. The Morgan fingerprint density at radius 3 is 2.52 bits per heavy atom. The smallest absolute Gasteiger partial charge is 0.241 e. The van der Waals surface area contributed by atoms with Crippen LogP contribution in [0.15, 0.2) is 24.3 Å². The van der Waals surface area contributed by atoms with Crippen LogP contribution < -0.4 is 5.32 Å². The lowest BCUT2D eigenvalue weighted by Gasteiger charge is -2.27. The molecule has 4 nitrogen and oxygen atoms in total. The number of carbonyl (C=O) groups is 1. The van der Waals surface area contributed by atoms with Gasteiger partial charge in [0.05, 0.1) is 12.1 Å². The van der Waals surface area contributed by atoms with Crippen molar-refractivity contribution in [2.24, 2.45) is 0 Å². The van der Waals surface area contributed by atoms with Gasteiger partial charge in [-0.3, -0.25) is 10.1 Å². The van der Waals surface area contributed by atoms with Gasteiger partial charge in [0.1, 0.15) is 6.17 Å². The summed E-state index contributed by atoms with van der Waals surface area (Å²) in [7, 11) is 0. The summed E-state index contributed by atoms with van der Waals surface area (Å²) in [5.74, 6) is 0.145. The molecule has 2 rings (SSSR count). The Balaban J connectivity index is 2.16. The minimum Gasteiger partial charge on any atom is -0.377 e. The maximum absolute atomic E-state index is 12.4. The molecule has 0 radical (unpaired) electrons. The van der Waals surface area contributed by atoms with Crippen LogP contribution in [0.5, 0.6) is 0 Å². The predicted octanol–water partition coefficient (Wildman–Crippen LogP) is 2.49. The molecule has 1 fully saturated rings. The Morgan fingerprint density at radius 2 is 1.95 bits per heavy atom. The van der Waals surface area contributed by atoms with Crippen molar-refractivity contribution in [1.29, 1.82) is 0 Å². The zero-order chi connectivity index (χ0) is 15.4. The summed E-state index contributed by atoms with van der Waals surface area (Å²) in [6.45, 7) is 9.33. The zero-order valence-corrected chi connectivity index (χ0v) is 13.4. The van der Waals surface area contributed by atoms with Gasteiger partial charge >= 0.3 is 0 Å². The van der Waals surface area contributed by atoms with E-state index in [9.17, 15) is 4.79 Å². The number of amides is 1. The van der Waals surface area contributed by atoms with Gasteiger partial charge in [-0.05, 0) is 38.3 Å². The molecular formula is C17H26N2O2. The highest BCUT2D eigenvalue weighted by Gasteiger charge is 2.37. The molecule has 1 aromatic rings. The number of hydrogen-bond donors (Lipinski definition) is 1. The highest BCUT2D eigenvalue weighted by molar-refractivity contribution is 5.84. The number of ether oxygens (including phenoxy) is 1. The van der Waals surface area contributed by atoms with Gasteiger partial charge < -0.3 is 9.64 Å². The summed E-state index contributed by atoms with van der Waals surface area (Å²) in [6.07, 6.45) is 1.02. The Bertz CT molecular complexity index is 472. The van der Waals surface area contributed by atoms with E-state index < -0.39 is 0 Å². The van der Waals surface area contributed by atoms with Crippen LogP contribution in [0.1, 0.15) is 45.0 Å². The zero-order valence-electron chi connectivity index (χ0n) is 13.4. The van der Waals surface area contributed by atoms with E-state index in [2.05, 4.69) is 36.5 Å². The number of nitrogens with zero attached hydrogens (tertiary/aromatic N) is 1. The molecular weight excluding hydrogens is 264 g/mol. The Kier molecular flexibility index (Phi) is 5.37. The molecule has 21 heavy (non-hydrogen) atoms. The summed E-state index contributed by atoms with van der Waals surface area (Å²) in [6, 6.07) is 8.35. The molecule has 116 valence electrons. The first kappa shape index (κ1) is 16.0. The monoisotopic (exact) mass is 290 g/mol. The first-order valence-electron chi connectivity index (χ1n) is 7.83. The molecule has 0 aliphatic carbocycles. The molecule has 1 saturated heterocycles. The molecule has 1 N–H and O–H groups in total. The number of benzene rings is 1. The van der Waals surface area contributed by atoms with Gasteiger partial charge in [-0.15, -0.1) is 0 Å².